The van der Waals surface area contributed by atoms with Gasteiger partial charge < -0.3 is 10.2 Å². The molecule has 7 nitrogen and oxygen atoms in total. The summed E-state index contributed by atoms with van der Waals surface area (Å²) in [6, 6.07) is 20.4. The van der Waals surface area contributed by atoms with E-state index in [1.807, 2.05) is 57.2 Å². The van der Waals surface area contributed by atoms with Gasteiger partial charge in [-0.1, -0.05) is 60.2 Å². The van der Waals surface area contributed by atoms with E-state index in [4.69, 9.17) is 0 Å². The van der Waals surface area contributed by atoms with E-state index in [9.17, 15) is 18.0 Å². The summed E-state index contributed by atoms with van der Waals surface area (Å²) in [5.41, 5.74) is 3.93. The fourth-order valence-electron chi connectivity index (χ4n) is 3.90. The maximum atomic E-state index is 13.8. The van der Waals surface area contributed by atoms with Gasteiger partial charge in [-0.3, -0.25) is 13.9 Å². The molecular weight excluding hydrogens is 474 g/mol. The highest BCUT2D eigenvalue weighted by molar-refractivity contribution is 7.92. The molecule has 0 aliphatic rings. The molecular formula is C28H33N3O4S. The van der Waals surface area contributed by atoms with Crippen LogP contribution in [-0.4, -0.2) is 44.8 Å². The zero-order valence-electron chi connectivity index (χ0n) is 21.4. The first kappa shape index (κ1) is 26.9. The Morgan fingerprint density at radius 3 is 2.11 bits per heavy atom. The number of amides is 2. The van der Waals surface area contributed by atoms with Gasteiger partial charge in [0.1, 0.15) is 12.6 Å². The van der Waals surface area contributed by atoms with Gasteiger partial charge in [0, 0.05) is 13.6 Å². The summed E-state index contributed by atoms with van der Waals surface area (Å²) >= 11 is 0. The van der Waals surface area contributed by atoms with Gasteiger partial charge in [0.05, 0.1) is 10.6 Å². The van der Waals surface area contributed by atoms with Gasteiger partial charge in [0.2, 0.25) is 11.8 Å². The monoisotopic (exact) mass is 507 g/mol. The van der Waals surface area contributed by atoms with Crippen molar-refractivity contribution in [3.05, 3.63) is 95.1 Å². The molecule has 8 heteroatoms. The maximum absolute atomic E-state index is 13.8. The van der Waals surface area contributed by atoms with Gasteiger partial charge in [-0.15, -0.1) is 0 Å². The summed E-state index contributed by atoms with van der Waals surface area (Å²) in [4.78, 5) is 27.8. The van der Waals surface area contributed by atoms with E-state index in [-0.39, 0.29) is 17.3 Å². The van der Waals surface area contributed by atoms with E-state index in [2.05, 4.69) is 5.32 Å². The average molecular weight is 508 g/mol. The number of likely N-dealkylation sites (N-methyl/N-ethyl adjacent to an activating group) is 1. The zero-order chi connectivity index (χ0) is 26.5. The minimum atomic E-state index is -4.07. The standard InChI is InChI=1S/C28H33N3O4S/c1-20-12-15-24(16-13-20)18-30(23(4)28(33)29-5)27(32)19-31(26-17-21(2)11-14-22(26)3)36(34,35)25-9-7-6-8-10-25/h6-17,23H,18-19H2,1-5H3,(H,29,33). The van der Waals surface area contributed by atoms with E-state index in [0.717, 1.165) is 26.6 Å². The number of nitrogens with one attached hydrogen (secondary N) is 1. The predicted octanol–water partition coefficient (Wildman–Crippen LogP) is 3.97. The Morgan fingerprint density at radius 2 is 1.50 bits per heavy atom. The Balaban J connectivity index is 2.06. The lowest BCUT2D eigenvalue weighted by atomic mass is 10.1. The highest BCUT2D eigenvalue weighted by Gasteiger charge is 2.32. The van der Waals surface area contributed by atoms with Crippen molar-refractivity contribution < 1.29 is 18.0 Å². The largest absolute Gasteiger partial charge is 0.357 e. The van der Waals surface area contributed by atoms with Crippen LogP contribution < -0.4 is 9.62 Å². The van der Waals surface area contributed by atoms with Gasteiger partial charge in [0.25, 0.3) is 10.0 Å². The molecule has 190 valence electrons. The number of nitrogens with zero attached hydrogens (tertiary/aromatic N) is 2. The van der Waals surface area contributed by atoms with E-state index in [1.165, 1.54) is 24.1 Å². The Morgan fingerprint density at radius 1 is 0.889 bits per heavy atom. The number of hydrogen-bond acceptors (Lipinski definition) is 4. The molecule has 0 heterocycles. The van der Waals surface area contributed by atoms with Gasteiger partial charge in [-0.25, -0.2) is 8.42 Å². The number of carbonyl (C=O) groups is 2. The second-order valence-electron chi connectivity index (χ2n) is 8.91. The molecule has 0 spiro atoms. The normalized spacial score (nSPS) is 12.0. The number of anilines is 1. The predicted molar refractivity (Wildman–Crippen MR) is 142 cm³/mol. The van der Waals surface area contributed by atoms with Crippen molar-refractivity contribution in [3.8, 4) is 0 Å². The van der Waals surface area contributed by atoms with Gasteiger partial charge in [0.15, 0.2) is 0 Å². The second kappa shape index (κ2) is 11.4. The van der Waals surface area contributed by atoms with E-state index < -0.39 is 28.5 Å². The fraction of sp³-hybridized carbons (Fsp3) is 0.286. The average Bonchev–Trinajstić information content (AvgIpc) is 2.87. The van der Waals surface area contributed by atoms with E-state index in [0.29, 0.717) is 5.69 Å². The fourth-order valence-corrected chi connectivity index (χ4v) is 5.39. The molecule has 0 radical (unpaired) electrons. The van der Waals surface area contributed by atoms with Crippen LogP contribution in [0.3, 0.4) is 0 Å². The molecule has 1 atom stereocenters. The van der Waals surface area contributed by atoms with Crippen molar-refractivity contribution in [2.75, 3.05) is 17.9 Å². The van der Waals surface area contributed by atoms with Crippen LogP contribution in [0.1, 0.15) is 29.2 Å². The summed E-state index contributed by atoms with van der Waals surface area (Å²) in [6.07, 6.45) is 0. The number of benzene rings is 3. The first-order chi connectivity index (χ1) is 17.0. The third-order valence-electron chi connectivity index (χ3n) is 6.13. The molecule has 3 aromatic rings. The summed E-state index contributed by atoms with van der Waals surface area (Å²) in [5.74, 6) is -0.813. The maximum Gasteiger partial charge on any atom is 0.264 e. The van der Waals surface area contributed by atoms with Crippen molar-refractivity contribution in [2.45, 2.75) is 45.2 Å². The van der Waals surface area contributed by atoms with Crippen LogP contribution in [0.15, 0.2) is 77.7 Å². The van der Waals surface area contributed by atoms with Crippen molar-refractivity contribution >= 4 is 27.5 Å². The van der Waals surface area contributed by atoms with E-state index >= 15 is 0 Å². The van der Waals surface area contributed by atoms with Crippen LogP contribution in [0.25, 0.3) is 0 Å². The minimum Gasteiger partial charge on any atom is -0.357 e. The quantitative estimate of drug-likeness (QED) is 0.475. The second-order valence-corrected chi connectivity index (χ2v) is 10.8. The van der Waals surface area contributed by atoms with Crippen LogP contribution in [0.2, 0.25) is 0 Å². The molecule has 1 unspecified atom stereocenters. The van der Waals surface area contributed by atoms with Crippen LogP contribution in [-0.2, 0) is 26.2 Å². The van der Waals surface area contributed by atoms with Crippen LogP contribution >= 0.6 is 0 Å². The Kier molecular flexibility index (Phi) is 8.53. The first-order valence-electron chi connectivity index (χ1n) is 11.8. The third-order valence-corrected chi connectivity index (χ3v) is 7.90. The van der Waals surface area contributed by atoms with Crippen molar-refractivity contribution in [1.29, 1.82) is 0 Å². The zero-order valence-corrected chi connectivity index (χ0v) is 22.2. The lowest BCUT2D eigenvalue weighted by Crippen LogP contribution is -2.50. The Hall–Kier alpha value is -3.65. The minimum absolute atomic E-state index is 0.0862. The number of hydrogen-bond donors (Lipinski definition) is 1. The summed E-state index contributed by atoms with van der Waals surface area (Å²) in [7, 11) is -2.56. The van der Waals surface area contributed by atoms with Crippen molar-refractivity contribution in [3.63, 3.8) is 0 Å². The molecule has 3 aromatic carbocycles. The number of rotatable bonds is 9. The molecule has 0 saturated carbocycles. The summed E-state index contributed by atoms with van der Waals surface area (Å²) in [6.45, 7) is 7.00. The summed E-state index contributed by atoms with van der Waals surface area (Å²) in [5, 5.41) is 2.59. The number of sulfonamides is 1. The molecule has 2 amide bonds. The van der Waals surface area contributed by atoms with E-state index in [1.54, 1.807) is 31.2 Å². The molecule has 0 bridgehead atoms. The molecule has 0 aromatic heterocycles. The molecule has 0 aliphatic heterocycles. The lowest BCUT2D eigenvalue weighted by Gasteiger charge is -2.32. The van der Waals surface area contributed by atoms with Crippen LogP contribution in [0.5, 0.6) is 0 Å². The van der Waals surface area contributed by atoms with Gasteiger partial charge in [-0.2, -0.15) is 0 Å². The Bertz CT molecular complexity index is 1320. The lowest BCUT2D eigenvalue weighted by molar-refractivity contribution is -0.139. The SMILES string of the molecule is CNC(=O)C(C)N(Cc1ccc(C)cc1)C(=O)CN(c1cc(C)ccc1C)S(=O)(=O)c1ccccc1. The molecule has 0 saturated heterocycles. The van der Waals surface area contributed by atoms with Crippen LogP contribution in [0, 0.1) is 20.8 Å². The molecule has 3 rings (SSSR count). The summed E-state index contributed by atoms with van der Waals surface area (Å²) < 4.78 is 28.7. The van der Waals surface area contributed by atoms with Crippen molar-refractivity contribution in [2.24, 2.45) is 0 Å². The molecule has 36 heavy (non-hydrogen) atoms. The highest BCUT2D eigenvalue weighted by atomic mass is 32.2. The number of carbonyl (C=O) groups excluding carboxylic acids is 2. The van der Waals surface area contributed by atoms with Crippen molar-refractivity contribution in [1.82, 2.24) is 10.2 Å². The third kappa shape index (κ3) is 6.12. The number of aryl methyl sites for hydroxylation is 3. The molecule has 0 aliphatic carbocycles. The molecule has 1 N–H and O–H groups in total. The highest BCUT2D eigenvalue weighted by Crippen LogP contribution is 2.28. The molecule has 0 fully saturated rings. The first-order valence-corrected chi connectivity index (χ1v) is 13.2. The smallest absolute Gasteiger partial charge is 0.264 e. The van der Waals surface area contributed by atoms with Crippen LogP contribution in [0.4, 0.5) is 5.69 Å². The Labute approximate surface area is 213 Å². The topological polar surface area (TPSA) is 86.8 Å². The van der Waals surface area contributed by atoms with Gasteiger partial charge >= 0.3 is 0 Å². The van der Waals surface area contributed by atoms with Gasteiger partial charge in [-0.05, 0) is 62.6 Å².